The molecule has 1 aromatic carbocycles. The number of hydrogen-bond donors (Lipinski definition) is 1. The molecule has 0 aliphatic carbocycles. The number of halogens is 1. The van der Waals surface area contributed by atoms with Crippen LogP contribution in [0.2, 0.25) is 0 Å². The van der Waals surface area contributed by atoms with Gasteiger partial charge >= 0.3 is 0 Å². The number of rotatable bonds is 3. The molecule has 3 rings (SSSR count). The number of amides is 1. The van der Waals surface area contributed by atoms with Gasteiger partial charge in [-0.3, -0.25) is 4.79 Å². The van der Waals surface area contributed by atoms with E-state index in [0.29, 0.717) is 24.9 Å². The Morgan fingerprint density at radius 3 is 2.83 bits per heavy atom. The number of carbonyl (C=O) groups is 1. The summed E-state index contributed by atoms with van der Waals surface area (Å²) in [7, 11) is -3.35. The quantitative estimate of drug-likeness (QED) is 0.867. The van der Waals surface area contributed by atoms with Crippen LogP contribution in [-0.4, -0.2) is 60.1 Å². The lowest BCUT2D eigenvalue weighted by Crippen LogP contribution is -2.41. The van der Waals surface area contributed by atoms with Crippen molar-refractivity contribution in [1.29, 1.82) is 0 Å². The molecule has 2 aliphatic rings. The SMILES string of the molecule is O=C(CN1CCCS1(=O)=O)N1C[C@H](O)C[C@H]1c1cccc(F)c1. The molecule has 0 unspecified atom stereocenters. The van der Waals surface area contributed by atoms with E-state index in [2.05, 4.69) is 0 Å². The third-order valence-electron chi connectivity index (χ3n) is 4.35. The lowest BCUT2D eigenvalue weighted by atomic mass is 10.0. The van der Waals surface area contributed by atoms with E-state index in [1.165, 1.54) is 21.3 Å². The van der Waals surface area contributed by atoms with E-state index in [1.807, 2.05) is 0 Å². The number of carbonyl (C=O) groups excluding carboxylic acids is 1. The molecule has 1 aromatic rings. The molecule has 126 valence electrons. The summed E-state index contributed by atoms with van der Waals surface area (Å²) in [6, 6.07) is 5.49. The van der Waals surface area contributed by atoms with E-state index in [9.17, 15) is 22.7 Å². The van der Waals surface area contributed by atoms with Crippen molar-refractivity contribution in [3.05, 3.63) is 35.6 Å². The molecule has 1 amide bonds. The van der Waals surface area contributed by atoms with Gasteiger partial charge in [0.05, 0.1) is 24.4 Å². The highest BCUT2D eigenvalue weighted by Gasteiger charge is 2.38. The molecule has 1 N–H and O–H groups in total. The standard InChI is InChI=1S/C15H19FN2O4S/c16-12-4-1-3-11(7-12)14-8-13(19)9-18(14)15(20)10-17-5-2-6-23(17,21)22/h1,3-4,7,13-14,19H,2,5-6,8-10H2/t13-,14+/m1/s1. The molecule has 0 saturated carbocycles. The summed E-state index contributed by atoms with van der Waals surface area (Å²) in [6.07, 6.45) is 0.149. The van der Waals surface area contributed by atoms with Crippen LogP contribution >= 0.6 is 0 Å². The van der Waals surface area contributed by atoms with Gasteiger partial charge in [-0.1, -0.05) is 12.1 Å². The van der Waals surface area contributed by atoms with Crippen LogP contribution in [0.3, 0.4) is 0 Å². The van der Waals surface area contributed by atoms with Crippen molar-refractivity contribution >= 4 is 15.9 Å². The van der Waals surface area contributed by atoms with Crippen molar-refractivity contribution in [3.8, 4) is 0 Å². The summed E-state index contributed by atoms with van der Waals surface area (Å²) in [5.74, 6) is -0.698. The zero-order valence-electron chi connectivity index (χ0n) is 12.6. The second-order valence-corrected chi connectivity index (χ2v) is 8.10. The Hall–Kier alpha value is -1.51. The maximum atomic E-state index is 13.4. The Morgan fingerprint density at radius 2 is 2.17 bits per heavy atom. The Labute approximate surface area is 134 Å². The number of aliphatic hydroxyl groups is 1. The highest BCUT2D eigenvalue weighted by atomic mass is 32.2. The lowest BCUT2D eigenvalue weighted by Gasteiger charge is -2.26. The van der Waals surface area contributed by atoms with Crippen molar-refractivity contribution < 1.29 is 22.7 Å². The van der Waals surface area contributed by atoms with Gasteiger partial charge in [0.2, 0.25) is 15.9 Å². The summed E-state index contributed by atoms with van der Waals surface area (Å²) >= 11 is 0. The van der Waals surface area contributed by atoms with Gasteiger partial charge in [-0.05, 0) is 30.5 Å². The van der Waals surface area contributed by atoms with Gasteiger partial charge in [0.15, 0.2) is 0 Å². The second kappa shape index (κ2) is 6.18. The molecule has 0 radical (unpaired) electrons. The Kier molecular flexibility index (Phi) is 4.39. The van der Waals surface area contributed by atoms with Crippen LogP contribution in [0.15, 0.2) is 24.3 Å². The molecule has 0 aromatic heterocycles. The Balaban J connectivity index is 1.78. The van der Waals surface area contributed by atoms with Crippen LogP contribution in [0.5, 0.6) is 0 Å². The van der Waals surface area contributed by atoms with Crippen LogP contribution in [0.4, 0.5) is 4.39 Å². The second-order valence-electron chi connectivity index (χ2n) is 6.01. The number of aliphatic hydroxyl groups excluding tert-OH is 1. The van der Waals surface area contributed by atoms with Gasteiger partial charge in [0.25, 0.3) is 0 Å². The summed E-state index contributed by atoms with van der Waals surface area (Å²) in [6.45, 7) is 0.254. The average molecular weight is 342 g/mol. The number of benzene rings is 1. The number of sulfonamides is 1. The first-order chi connectivity index (χ1) is 10.9. The maximum Gasteiger partial charge on any atom is 0.238 e. The number of nitrogens with zero attached hydrogens (tertiary/aromatic N) is 2. The minimum Gasteiger partial charge on any atom is -0.391 e. The zero-order valence-corrected chi connectivity index (χ0v) is 13.4. The van der Waals surface area contributed by atoms with Crippen molar-refractivity contribution in [2.75, 3.05) is 25.4 Å². The average Bonchev–Trinajstić information content (AvgIpc) is 3.02. The smallest absolute Gasteiger partial charge is 0.238 e. The van der Waals surface area contributed by atoms with E-state index in [1.54, 1.807) is 12.1 Å². The minimum atomic E-state index is -3.35. The molecule has 23 heavy (non-hydrogen) atoms. The van der Waals surface area contributed by atoms with Crippen molar-refractivity contribution in [2.45, 2.75) is 25.0 Å². The molecule has 2 atom stereocenters. The lowest BCUT2D eigenvalue weighted by molar-refractivity contribution is -0.132. The molecule has 2 heterocycles. The first-order valence-electron chi connectivity index (χ1n) is 7.57. The van der Waals surface area contributed by atoms with E-state index in [-0.39, 0.29) is 24.7 Å². The van der Waals surface area contributed by atoms with Gasteiger partial charge in [-0.25, -0.2) is 12.8 Å². The van der Waals surface area contributed by atoms with Gasteiger partial charge < -0.3 is 10.0 Å². The summed E-state index contributed by atoms with van der Waals surface area (Å²) in [5, 5.41) is 9.89. The first-order valence-corrected chi connectivity index (χ1v) is 9.18. The number of likely N-dealkylation sites (tertiary alicyclic amines) is 1. The summed E-state index contributed by atoms with van der Waals surface area (Å²) < 4.78 is 38.3. The molecule has 8 heteroatoms. The fraction of sp³-hybridized carbons (Fsp3) is 0.533. The van der Waals surface area contributed by atoms with E-state index >= 15 is 0 Å². The third kappa shape index (κ3) is 3.39. The highest BCUT2D eigenvalue weighted by molar-refractivity contribution is 7.89. The molecular formula is C15H19FN2O4S. The fourth-order valence-corrected chi connectivity index (χ4v) is 4.70. The van der Waals surface area contributed by atoms with Gasteiger partial charge in [0.1, 0.15) is 5.82 Å². The fourth-order valence-electron chi connectivity index (χ4n) is 3.23. The minimum absolute atomic E-state index is 0.0657. The summed E-state index contributed by atoms with van der Waals surface area (Å²) in [5.41, 5.74) is 0.610. The monoisotopic (exact) mass is 342 g/mol. The molecule has 0 bridgehead atoms. The first kappa shape index (κ1) is 16.4. The van der Waals surface area contributed by atoms with Gasteiger partial charge in [-0.15, -0.1) is 0 Å². The number of β-amino-alcohol motifs (C(OH)–C–C–N with tert-alkyl or cyclic N) is 1. The van der Waals surface area contributed by atoms with Crippen molar-refractivity contribution in [1.82, 2.24) is 9.21 Å². The van der Waals surface area contributed by atoms with E-state index < -0.39 is 28.0 Å². The van der Waals surface area contributed by atoms with Gasteiger partial charge in [0, 0.05) is 13.1 Å². The van der Waals surface area contributed by atoms with Crippen LogP contribution in [-0.2, 0) is 14.8 Å². The van der Waals surface area contributed by atoms with Crippen molar-refractivity contribution in [2.24, 2.45) is 0 Å². The predicted molar refractivity (Wildman–Crippen MR) is 81.5 cm³/mol. The molecule has 6 nitrogen and oxygen atoms in total. The van der Waals surface area contributed by atoms with Gasteiger partial charge in [-0.2, -0.15) is 4.31 Å². The molecule has 0 spiro atoms. The summed E-state index contributed by atoms with van der Waals surface area (Å²) in [4.78, 5) is 14.0. The molecule has 2 saturated heterocycles. The van der Waals surface area contributed by atoms with E-state index in [4.69, 9.17) is 0 Å². The Bertz CT molecular complexity index is 709. The van der Waals surface area contributed by atoms with Crippen LogP contribution in [0.25, 0.3) is 0 Å². The van der Waals surface area contributed by atoms with Crippen molar-refractivity contribution in [3.63, 3.8) is 0 Å². The Morgan fingerprint density at radius 1 is 1.39 bits per heavy atom. The molecular weight excluding hydrogens is 323 g/mol. The maximum absolute atomic E-state index is 13.4. The largest absolute Gasteiger partial charge is 0.391 e. The predicted octanol–water partition coefficient (Wildman–Crippen LogP) is 0.496. The van der Waals surface area contributed by atoms with E-state index in [0.717, 1.165) is 0 Å². The van der Waals surface area contributed by atoms with Crippen LogP contribution in [0.1, 0.15) is 24.4 Å². The molecule has 2 fully saturated rings. The normalized spacial score (nSPS) is 27.5. The molecule has 2 aliphatic heterocycles. The number of hydrogen-bond acceptors (Lipinski definition) is 4. The van der Waals surface area contributed by atoms with Crippen LogP contribution < -0.4 is 0 Å². The topological polar surface area (TPSA) is 77.9 Å². The third-order valence-corrected chi connectivity index (χ3v) is 6.25. The highest BCUT2D eigenvalue weighted by Crippen LogP contribution is 2.32. The van der Waals surface area contributed by atoms with Crippen LogP contribution in [0, 0.1) is 5.82 Å². The zero-order chi connectivity index (χ0) is 16.6.